The molecular formula is C36H32O11. The summed E-state index contributed by atoms with van der Waals surface area (Å²) in [5, 5.41) is 12.6. The van der Waals surface area contributed by atoms with Gasteiger partial charge in [0.1, 0.15) is 23.7 Å². The average molecular weight is 641 g/mol. The highest BCUT2D eigenvalue weighted by atomic mass is 16.7. The summed E-state index contributed by atoms with van der Waals surface area (Å²) < 4.78 is 41.5. The second kappa shape index (κ2) is 11.2. The van der Waals surface area contributed by atoms with E-state index in [1.54, 1.807) is 79.7 Å². The topological polar surface area (TPSA) is 136 Å². The first-order valence-corrected chi connectivity index (χ1v) is 15.1. The molecule has 47 heavy (non-hydrogen) atoms. The molecule has 0 amide bonds. The molecule has 7 rings (SSSR count). The van der Waals surface area contributed by atoms with Gasteiger partial charge >= 0.3 is 11.9 Å². The van der Waals surface area contributed by atoms with Crippen LogP contribution in [0.25, 0.3) is 0 Å². The molecule has 0 saturated heterocycles. The Morgan fingerprint density at radius 2 is 1.51 bits per heavy atom. The van der Waals surface area contributed by atoms with Crippen LogP contribution < -0.4 is 14.2 Å². The van der Waals surface area contributed by atoms with Crippen LogP contribution in [-0.4, -0.2) is 62.2 Å². The van der Waals surface area contributed by atoms with Gasteiger partial charge in [-0.2, -0.15) is 0 Å². The molecule has 0 radical (unpaired) electrons. The Labute approximate surface area is 270 Å². The maximum atomic E-state index is 14.8. The molecule has 0 aromatic heterocycles. The maximum Gasteiger partial charge on any atom is 0.338 e. The molecule has 3 aromatic carbocycles. The number of fused-ring (bicyclic) bond motifs is 2. The molecule has 0 unspecified atom stereocenters. The molecule has 5 atom stereocenters. The highest BCUT2D eigenvalue weighted by Crippen LogP contribution is 2.62. The van der Waals surface area contributed by atoms with E-state index >= 15 is 0 Å². The van der Waals surface area contributed by atoms with Gasteiger partial charge in [0.2, 0.25) is 24.1 Å². The van der Waals surface area contributed by atoms with Crippen molar-refractivity contribution in [3.8, 4) is 17.2 Å². The van der Waals surface area contributed by atoms with Crippen molar-refractivity contribution in [3.63, 3.8) is 0 Å². The summed E-state index contributed by atoms with van der Waals surface area (Å²) in [4.78, 5) is 42.2. The molecule has 0 fully saturated rings. The predicted octanol–water partition coefficient (Wildman–Crippen LogP) is 4.58. The smallest absolute Gasteiger partial charge is 0.338 e. The number of Topliss-reactive ketones (excluding diaryl/α,β-unsaturated/α-hetero) is 1. The normalized spacial score (nSPS) is 27.0. The Kier molecular flexibility index (Phi) is 7.24. The van der Waals surface area contributed by atoms with Crippen LogP contribution >= 0.6 is 0 Å². The van der Waals surface area contributed by atoms with Gasteiger partial charge < -0.3 is 38.3 Å². The molecule has 11 nitrogen and oxygen atoms in total. The van der Waals surface area contributed by atoms with E-state index < -0.39 is 46.9 Å². The third-order valence-corrected chi connectivity index (χ3v) is 9.50. The van der Waals surface area contributed by atoms with Crippen molar-refractivity contribution in [2.24, 2.45) is 5.92 Å². The number of benzene rings is 3. The lowest BCUT2D eigenvalue weighted by Crippen LogP contribution is -2.58. The molecule has 11 heteroatoms. The Morgan fingerprint density at radius 1 is 0.872 bits per heavy atom. The minimum Gasteiger partial charge on any atom is -0.493 e. The maximum absolute atomic E-state index is 14.8. The van der Waals surface area contributed by atoms with Gasteiger partial charge in [0.05, 0.1) is 25.3 Å². The van der Waals surface area contributed by atoms with Crippen LogP contribution in [0.4, 0.5) is 0 Å². The summed E-state index contributed by atoms with van der Waals surface area (Å²) in [6.45, 7) is 2.80. The van der Waals surface area contributed by atoms with Crippen LogP contribution in [0.3, 0.4) is 0 Å². The van der Waals surface area contributed by atoms with Crippen LogP contribution in [-0.2, 0) is 29.2 Å². The van der Waals surface area contributed by atoms with Crippen LogP contribution in [0.5, 0.6) is 17.2 Å². The third kappa shape index (κ3) is 4.48. The predicted molar refractivity (Wildman–Crippen MR) is 164 cm³/mol. The molecule has 4 aliphatic rings. The fourth-order valence-corrected chi connectivity index (χ4v) is 6.89. The number of hydrogen-bond acceptors (Lipinski definition) is 11. The van der Waals surface area contributed by atoms with E-state index in [4.69, 9.17) is 33.2 Å². The monoisotopic (exact) mass is 640 g/mol. The first-order chi connectivity index (χ1) is 22.6. The van der Waals surface area contributed by atoms with Crippen molar-refractivity contribution >= 4 is 17.7 Å². The van der Waals surface area contributed by atoms with Gasteiger partial charge in [0, 0.05) is 17.0 Å². The molecule has 0 saturated carbocycles. The second-order valence-electron chi connectivity index (χ2n) is 12.0. The lowest BCUT2D eigenvalue weighted by atomic mass is 9.59. The number of ether oxygens (including phenoxy) is 7. The van der Waals surface area contributed by atoms with Crippen LogP contribution in [0.15, 0.2) is 89.9 Å². The van der Waals surface area contributed by atoms with E-state index in [9.17, 15) is 19.5 Å². The summed E-state index contributed by atoms with van der Waals surface area (Å²) >= 11 is 0. The van der Waals surface area contributed by atoms with E-state index in [0.29, 0.717) is 16.9 Å². The van der Waals surface area contributed by atoms with Crippen molar-refractivity contribution in [2.75, 3.05) is 27.6 Å². The summed E-state index contributed by atoms with van der Waals surface area (Å²) in [5.74, 6) is -2.12. The molecule has 2 heterocycles. The quantitative estimate of drug-likeness (QED) is 0.379. The van der Waals surface area contributed by atoms with E-state index in [0.717, 1.165) is 0 Å². The van der Waals surface area contributed by atoms with Crippen LogP contribution in [0.2, 0.25) is 0 Å². The zero-order valence-corrected chi connectivity index (χ0v) is 26.1. The standard InChI is InChI=1S/C36H32O11/c1-19-27(46-33(38)20-11-7-5-8-12-20)22-15-25-28(45-18-44-25)30-26(22)36(17-43-30)23(16-24(41-3)29(42-4)31(36)37)32(35(19,2)40)47-34(39)21-13-9-6-10-14-21/h5-16,19,27,32,40H,17-18H2,1-4H3/t19-,27+,32-,35-,36-/m0/s1. The Hall–Kier alpha value is -5.29. The zero-order valence-electron chi connectivity index (χ0n) is 26.1. The minimum absolute atomic E-state index is 0.0747. The summed E-state index contributed by atoms with van der Waals surface area (Å²) in [6, 6.07) is 18.4. The molecule has 3 aromatic rings. The van der Waals surface area contributed by atoms with Crippen molar-refractivity contribution in [3.05, 3.63) is 112 Å². The van der Waals surface area contributed by atoms with Crippen LogP contribution in [0.1, 0.15) is 51.8 Å². The Bertz CT molecular complexity index is 1840. The Morgan fingerprint density at radius 3 is 2.13 bits per heavy atom. The van der Waals surface area contributed by atoms with Crippen molar-refractivity contribution in [1.29, 1.82) is 0 Å². The number of carbonyl (C=O) groups excluding carboxylic acids is 3. The lowest BCUT2D eigenvalue weighted by molar-refractivity contribution is -0.135. The Balaban J connectivity index is 1.51. The number of methoxy groups -OCH3 is 2. The van der Waals surface area contributed by atoms with Gasteiger partial charge in [0.25, 0.3) is 0 Å². The number of rotatable bonds is 6. The first-order valence-electron chi connectivity index (χ1n) is 15.1. The third-order valence-electron chi connectivity index (χ3n) is 9.50. The first kappa shape index (κ1) is 30.4. The molecule has 1 spiro atoms. The number of aliphatic hydroxyl groups is 1. The number of esters is 2. The number of allylic oxidation sites excluding steroid dienone is 2. The van der Waals surface area contributed by atoms with Crippen LogP contribution in [0, 0.1) is 5.92 Å². The number of ketones is 1. The molecule has 2 aliphatic heterocycles. The fraction of sp³-hybridized carbons (Fsp3) is 0.306. The SMILES string of the molecule is COC1=C(OC)C(=O)[C@]23COc4c5c(cc(c42)[C@H](OC(=O)c2ccccc2)[C@H](C)[C@](C)(O)[C@@H](OC(=O)c2ccccc2)C3=C1)OCO5. The number of hydrogen-bond donors (Lipinski definition) is 1. The lowest BCUT2D eigenvalue weighted by Gasteiger charge is -2.48. The molecular weight excluding hydrogens is 608 g/mol. The van der Waals surface area contributed by atoms with E-state index in [1.165, 1.54) is 21.1 Å². The van der Waals surface area contributed by atoms with E-state index in [-0.39, 0.29) is 53.1 Å². The molecule has 1 N–H and O–H groups in total. The van der Waals surface area contributed by atoms with Gasteiger partial charge in [-0.3, -0.25) is 4.79 Å². The van der Waals surface area contributed by atoms with Gasteiger partial charge in [-0.15, -0.1) is 0 Å². The van der Waals surface area contributed by atoms with Crippen molar-refractivity contribution in [2.45, 2.75) is 37.1 Å². The summed E-state index contributed by atoms with van der Waals surface area (Å²) in [6.07, 6.45) is -1.11. The average Bonchev–Trinajstić information content (AvgIpc) is 3.73. The van der Waals surface area contributed by atoms with Gasteiger partial charge in [-0.05, 0) is 48.9 Å². The van der Waals surface area contributed by atoms with Crippen molar-refractivity contribution in [1.82, 2.24) is 0 Å². The summed E-state index contributed by atoms with van der Waals surface area (Å²) in [7, 11) is 2.73. The largest absolute Gasteiger partial charge is 0.493 e. The second-order valence-corrected chi connectivity index (χ2v) is 12.0. The van der Waals surface area contributed by atoms with Gasteiger partial charge in [-0.1, -0.05) is 43.3 Å². The summed E-state index contributed by atoms with van der Waals surface area (Å²) in [5.41, 5.74) is -2.27. The van der Waals surface area contributed by atoms with E-state index in [1.807, 2.05) is 0 Å². The molecule has 0 bridgehead atoms. The van der Waals surface area contributed by atoms with Gasteiger partial charge in [0.15, 0.2) is 23.4 Å². The van der Waals surface area contributed by atoms with Crippen molar-refractivity contribution < 1.29 is 52.6 Å². The molecule has 242 valence electrons. The molecule has 2 aliphatic carbocycles. The fourth-order valence-electron chi connectivity index (χ4n) is 6.89. The number of carbonyl (C=O) groups is 3. The highest BCUT2D eigenvalue weighted by molar-refractivity contribution is 6.09. The minimum atomic E-state index is -1.95. The highest BCUT2D eigenvalue weighted by Gasteiger charge is 2.64. The van der Waals surface area contributed by atoms with E-state index in [2.05, 4.69) is 0 Å². The van der Waals surface area contributed by atoms with Gasteiger partial charge in [-0.25, -0.2) is 9.59 Å². The zero-order chi connectivity index (χ0) is 33.1.